The highest BCUT2D eigenvalue weighted by atomic mass is 16.5. The van der Waals surface area contributed by atoms with Gasteiger partial charge in [0.1, 0.15) is 17.8 Å². The molecular weight excluding hydrogens is 418 g/mol. The highest BCUT2D eigenvalue weighted by Gasteiger charge is 2.12. The zero-order valence-corrected chi connectivity index (χ0v) is 18.5. The van der Waals surface area contributed by atoms with Crippen LogP contribution in [0.4, 0.5) is 5.69 Å². The van der Waals surface area contributed by atoms with Gasteiger partial charge in [-0.2, -0.15) is 0 Å². The van der Waals surface area contributed by atoms with Gasteiger partial charge in [-0.1, -0.05) is 18.2 Å². The van der Waals surface area contributed by atoms with Crippen LogP contribution < -0.4 is 15.4 Å². The number of ether oxygens (including phenoxy) is 1. The summed E-state index contributed by atoms with van der Waals surface area (Å²) in [6.07, 6.45) is 3.87. The zero-order chi connectivity index (χ0) is 23.0. The molecule has 33 heavy (non-hydrogen) atoms. The van der Waals surface area contributed by atoms with Gasteiger partial charge in [0.25, 0.3) is 5.91 Å². The molecule has 0 saturated heterocycles. The summed E-state index contributed by atoms with van der Waals surface area (Å²) in [5.74, 6) is 2.10. The summed E-state index contributed by atoms with van der Waals surface area (Å²) >= 11 is 0. The molecule has 0 aliphatic heterocycles. The molecule has 2 aromatic heterocycles. The molecule has 0 spiro atoms. The van der Waals surface area contributed by atoms with Gasteiger partial charge in [-0.05, 0) is 48.4 Å². The number of rotatable bonds is 9. The number of nitrogens with one attached hydrogen (secondary N) is 2. The molecule has 1 amide bonds. The molecule has 9 heteroatoms. The molecule has 168 valence electrons. The predicted molar refractivity (Wildman–Crippen MR) is 125 cm³/mol. The Labute approximate surface area is 191 Å². The van der Waals surface area contributed by atoms with Crippen molar-refractivity contribution in [2.75, 3.05) is 19.0 Å². The largest absolute Gasteiger partial charge is 0.497 e. The van der Waals surface area contributed by atoms with Gasteiger partial charge in [0.2, 0.25) is 0 Å². The van der Waals surface area contributed by atoms with Gasteiger partial charge in [-0.25, -0.2) is 9.97 Å². The standard InChI is InChI=1S/C24H25N7O2/c1-31-22(29-30-23(31)21-10-11-25-16-28-21)15-27-19-7-4-6-18(14-19)24(32)26-12-9-17-5-3-8-20(13-17)33-2/h3-8,10-11,13-14,16,27H,9,12,15H2,1-2H3,(H,26,32). The molecule has 0 fully saturated rings. The highest BCUT2D eigenvalue weighted by molar-refractivity contribution is 5.95. The third-order valence-electron chi connectivity index (χ3n) is 5.18. The van der Waals surface area contributed by atoms with Crippen molar-refractivity contribution < 1.29 is 9.53 Å². The summed E-state index contributed by atoms with van der Waals surface area (Å²) in [6, 6.07) is 17.0. The average molecular weight is 444 g/mol. The smallest absolute Gasteiger partial charge is 0.251 e. The molecule has 2 heterocycles. The fraction of sp³-hybridized carbons (Fsp3) is 0.208. The Morgan fingerprint density at radius 2 is 1.97 bits per heavy atom. The minimum Gasteiger partial charge on any atom is -0.497 e. The fourth-order valence-corrected chi connectivity index (χ4v) is 3.36. The predicted octanol–water partition coefficient (Wildman–Crippen LogP) is 2.87. The van der Waals surface area contributed by atoms with Gasteiger partial charge in [0, 0.05) is 31.0 Å². The lowest BCUT2D eigenvalue weighted by Gasteiger charge is -2.10. The van der Waals surface area contributed by atoms with Crippen molar-refractivity contribution in [3.8, 4) is 17.3 Å². The van der Waals surface area contributed by atoms with E-state index in [9.17, 15) is 4.79 Å². The summed E-state index contributed by atoms with van der Waals surface area (Å²) in [5, 5.41) is 14.7. The van der Waals surface area contributed by atoms with Crippen LogP contribution in [0.3, 0.4) is 0 Å². The third-order valence-corrected chi connectivity index (χ3v) is 5.18. The number of benzene rings is 2. The van der Waals surface area contributed by atoms with Crippen molar-refractivity contribution in [3.05, 3.63) is 84.1 Å². The SMILES string of the molecule is COc1cccc(CCNC(=O)c2cccc(NCc3nnc(-c4ccncn4)n3C)c2)c1. The van der Waals surface area contributed by atoms with Gasteiger partial charge in [0.15, 0.2) is 11.6 Å². The maximum atomic E-state index is 12.6. The lowest BCUT2D eigenvalue weighted by molar-refractivity contribution is 0.0954. The van der Waals surface area contributed by atoms with E-state index in [0.717, 1.165) is 29.2 Å². The van der Waals surface area contributed by atoms with E-state index < -0.39 is 0 Å². The molecule has 0 unspecified atom stereocenters. The minimum atomic E-state index is -0.119. The van der Waals surface area contributed by atoms with E-state index in [-0.39, 0.29) is 5.91 Å². The van der Waals surface area contributed by atoms with Gasteiger partial charge in [-0.15, -0.1) is 10.2 Å². The molecule has 0 aliphatic rings. The Balaban J connectivity index is 1.33. The second-order valence-corrected chi connectivity index (χ2v) is 7.39. The van der Waals surface area contributed by atoms with Crippen LogP contribution in [-0.2, 0) is 20.0 Å². The molecule has 0 radical (unpaired) electrons. The van der Waals surface area contributed by atoms with Crippen LogP contribution in [0, 0.1) is 0 Å². The first-order chi connectivity index (χ1) is 16.1. The Hall–Kier alpha value is -4.27. The van der Waals surface area contributed by atoms with Crippen LogP contribution in [0.15, 0.2) is 67.1 Å². The lowest BCUT2D eigenvalue weighted by atomic mass is 10.1. The molecule has 4 rings (SSSR count). The van der Waals surface area contributed by atoms with Crippen molar-refractivity contribution in [3.63, 3.8) is 0 Å². The zero-order valence-electron chi connectivity index (χ0n) is 18.5. The number of hydrogen-bond acceptors (Lipinski definition) is 7. The number of anilines is 1. The van der Waals surface area contributed by atoms with Crippen LogP contribution in [0.25, 0.3) is 11.5 Å². The van der Waals surface area contributed by atoms with Gasteiger partial charge >= 0.3 is 0 Å². The van der Waals surface area contributed by atoms with Gasteiger partial charge < -0.3 is 19.9 Å². The first-order valence-electron chi connectivity index (χ1n) is 10.5. The Kier molecular flexibility index (Phi) is 6.89. The number of nitrogens with zero attached hydrogens (tertiary/aromatic N) is 5. The summed E-state index contributed by atoms with van der Waals surface area (Å²) < 4.78 is 7.12. The molecule has 0 bridgehead atoms. The fourth-order valence-electron chi connectivity index (χ4n) is 3.36. The van der Waals surface area contributed by atoms with Gasteiger partial charge in [0.05, 0.1) is 13.7 Å². The summed E-state index contributed by atoms with van der Waals surface area (Å²) in [6.45, 7) is 0.990. The number of carbonyl (C=O) groups excluding carboxylic acids is 1. The maximum Gasteiger partial charge on any atom is 0.251 e. The Morgan fingerprint density at radius 3 is 2.79 bits per heavy atom. The number of methoxy groups -OCH3 is 1. The van der Waals surface area contributed by atoms with E-state index in [1.54, 1.807) is 25.4 Å². The quantitative estimate of drug-likeness (QED) is 0.410. The van der Waals surface area contributed by atoms with Crippen molar-refractivity contribution in [2.45, 2.75) is 13.0 Å². The van der Waals surface area contributed by atoms with E-state index >= 15 is 0 Å². The van der Waals surface area contributed by atoms with Crippen molar-refractivity contribution >= 4 is 11.6 Å². The molecule has 0 atom stereocenters. The molecule has 2 N–H and O–H groups in total. The molecule has 2 aromatic carbocycles. The number of aromatic nitrogens is 5. The van der Waals surface area contributed by atoms with E-state index in [0.29, 0.717) is 30.2 Å². The normalized spacial score (nSPS) is 10.6. The Morgan fingerprint density at radius 1 is 1.09 bits per heavy atom. The van der Waals surface area contributed by atoms with Crippen LogP contribution in [0.5, 0.6) is 5.75 Å². The van der Waals surface area contributed by atoms with Crippen molar-refractivity contribution in [1.29, 1.82) is 0 Å². The second kappa shape index (κ2) is 10.4. The first kappa shape index (κ1) is 21.9. The third kappa shape index (κ3) is 5.51. The molecular formula is C24H25N7O2. The van der Waals surface area contributed by atoms with E-state index in [2.05, 4.69) is 30.8 Å². The van der Waals surface area contributed by atoms with Crippen LogP contribution in [-0.4, -0.2) is 44.3 Å². The molecule has 9 nitrogen and oxygen atoms in total. The van der Waals surface area contributed by atoms with Crippen LogP contribution >= 0.6 is 0 Å². The van der Waals surface area contributed by atoms with E-state index in [1.165, 1.54) is 6.33 Å². The number of amides is 1. The first-order valence-corrected chi connectivity index (χ1v) is 10.5. The maximum absolute atomic E-state index is 12.6. The number of carbonyl (C=O) groups is 1. The summed E-state index contributed by atoms with van der Waals surface area (Å²) in [7, 11) is 3.53. The highest BCUT2D eigenvalue weighted by Crippen LogP contribution is 2.16. The summed E-state index contributed by atoms with van der Waals surface area (Å²) in [5.41, 5.74) is 3.22. The van der Waals surface area contributed by atoms with E-state index in [1.807, 2.05) is 54.1 Å². The second-order valence-electron chi connectivity index (χ2n) is 7.39. The monoisotopic (exact) mass is 443 g/mol. The lowest BCUT2D eigenvalue weighted by Crippen LogP contribution is -2.25. The molecule has 4 aromatic rings. The van der Waals surface area contributed by atoms with Crippen molar-refractivity contribution in [1.82, 2.24) is 30.0 Å². The molecule has 0 aliphatic carbocycles. The van der Waals surface area contributed by atoms with Crippen molar-refractivity contribution in [2.24, 2.45) is 7.05 Å². The minimum absolute atomic E-state index is 0.119. The van der Waals surface area contributed by atoms with Gasteiger partial charge in [-0.3, -0.25) is 4.79 Å². The topological polar surface area (TPSA) is 107 Å². The Bertz CT molecular complexity index is 1220. The summed E-state index contributed by atoms with van der Waals surface area (Å²) in [4.78, 5) is 20.7. The van der Waals surface area contributed by atoms with Crippen LogP contribution in [0.2, 0.25) is 0 Å². The van der Waals surface area contributed by atoms with E-state index in [4.69, 9.17) is 4.74 Å². The molecule has 0 saturated carbocycles. The number of hydrogen-bond donors (Lipinski definition) is 2. The van der Waals surface area contributed by atoms with Crippen LogP contribution in [0.1, 0.15) is 21.7 Å². The average Bonchev–Trinajstić information content (AvgIpc) is 3.23.